The van der Waals surface area contributed by atoms with Gasteiger partial charge in [0.2, 0.25) is 0 Å². The number of aliphatic hydroxyl groups excluding tert-OH is 1. The number of hydrogen-bond donors (Lipinski definition) is 1. The predicted molar refractivity (Wildman–Crippen MR) is 56.7 cm³/mol. The number of hydrogen-bond acceptors (Lipinski definition) is 3. The molecule has 0 bridgehead atoms. The molecule has 5 heteroatoms. The van der Waals surface area contributed by atoms with E-state index in [1.807, 2.05) is 0 Å². The summed E-state index contributed by atoms with van der Waals surface area (Å²) in [5, 5.41) is 10.5. The molecule has 0 spiro atoms. The second kappa shape index (κ2) is 5.70. The van der Waals surface area contributed by atoms with Gasteiger partial charge in [-0.05, 0) is 12.1 Å². The minimum atomic E-state index is -0.510. The Labute approximate surface area is 91.3 Å². The molecule has 0 aliphatic heterocycles. The highest BCUT2D eigenvalue weighted by atomic mass is 35.5. The zero-order chi connectivity index (χ0) is 9.68. The summed E-state index contributed by atoms with van der Waals surface area (Å²) >= 11 is 12.7. The van der Waals surface area contributed by atoms with Gasteiger partial charge in [-0.25, -0.2) is 4.98 Å². The average molecular weight is 238 g/mol. The van der Waals surface area contributed by atoms with Crippen molar-refractivity contribution in [2.45, 2.75) is 11.1 Å². The van der Waals surface area contributed by atoms with Gasteiger partial charge in [0.1, 0.15) is 5.03 Å². The van der Waals surface area contributed by atoms with Gasteiger partial charge in [-0.1, -0.05) is 11.6 Å². The van der Waals surface area contributed by atoms with Crippen molar-refractivity contribution in [2.24, 2.45) is 0 Å². The minimum absolute atomic E-state index is 0.234. The number of alkyl halides is 1. The van der Waals surface area contributed by atoms with Crippen molar-refractivity contribution in [3.63, 3.8) is 0 Å². The van der Waals surface area contributed by atoms with Gasteiger partial charge in [0.05, 0.1) is 11.1 Å². The van der Waals surface area contributed by atoms with Gasteiger partial charge in [0, 0.05) is 17.8 Å². The smallest absolute Gasteiger partial charge is 0.115 e. The molecule has 0 fully saturated rings. The molecule has 72 valence electrons. The maximum Gasteiger partial charge on any atom is 0.115 e. The van der Waals surface area contributed by atoms with Crippen LogP contribution in [0.1, 0.15) is 0 Å². The highest BCUT2D eigenvalue weighted by Crippen LogP contribution is 2.24. The molecule has 1 unspecified atom stereocenters. The molecule has 0 saturated carbocycles. The van der Waals surface area contributed by atoms with Crippen LogP contribution in [0.15, 0.2) is 23.4 Å². The quantitative estimate of drug-likeness (QED) is 0.646. The Bertz CT molecular complexity index is 272. The van der Waals surface area contributed by atoms with E-state index in [4.69, 9.17) is 23.2 Å². The number of rotatable bonds is 4. The van der Waals surface area contributed by atoms with Crippen LogP contribution in [-0.2, 0) is 0 Å². The normalized spacial score (nSPS) is 12.8. The van der Waals surface area contributed by atoms with Gasteiger partial charge in [0.25, 0.3) is 0 Å². The van der Waals surface area contributed by atoms with Crippen LogP contribution in [0.3, 0.4) is 0 Å². The van der Waals surface area contributed by atoms with E-state index >= 15 is 0 Å². The van der Waals surface area contributed by atoms with Crippen molar-refractivity contribution in [1.29, 1.82) is 0 Å². The molecule has 1 rings (SSSR count). The molecule has 1 N–H and O–H groups in total. The van der Waals surface area contributed by atoms with Crippen molar-refractivity contribution >= 4 is 35.0 Å². The fourth-order valence-electron chi connectivity index (χ4n) is 0.697. The Morgan fingerprint density at radius 2 is 2.38 bits per heavy atom. The van der Waals surface area contributed by atoms with Crippen molar-refractivity contribution in [3.05, 3.63) is 23.4 Å². The van der Waals surface area contributed by atoms with E-state index in [0.717, 1.165) is 5.03 Å². The van der Waals surface area contributed by atoms with Gasteiger partial charge in [0.15, 0.2) is 0 Å². The average Bonchev–Trinajstić information content (AvgIpc) is 2.16. The molecule has 0 saturated heterocycles. The molecular formula is C8H9Cl2NOS. The van der Waals surface area contributed by atoms with Crippen LogP contribution < -0.4 is 0 Å². The van der Waals surface area contributed by atoms with Crippen molar-refractivity contribution in [3.8, 4) is 0 Å². The van der Waals surface area contributed by atoms with E-state index in [0.29, 0.717) is 10.8 Å². The van der Waals surface area contributed by atoms with Gasteiger partial charge in [-0.2, -0.15) is 0 Å². The number of nitrogens with zero attached hydrogens (tertiary/aromatic N) is 1. The summed E-state index contributed by atoms with van der Waals surface area (Å²) in [6, 6.07) is 3.54. The predicted octanol–water partition coefficient (Wildman–Crippen LogP) is 2.43. The van der Waals surface area contributed by atoms with Crippen LogP contribution in [0.4, 0.5) is 0 Å². The highest BCUT2D eigenvalue weighted by molar-refractivity contribution is 7.99. The molecule has 1 aromatic heterocycles. The molecule has 0 aliphatic carbocycles. The van der Waals surface area contributed by atoms with Crippen LogP contribution in [0.2, 0.25) is 5.02 Å². The first-order chi connectivity index (χ1) is 6.24. The summed E-state index contributed by atoms with van der Waals surface area (Å²) in [6.45, 7) is 0. The maximum absolute atomic E-state index is 9.19. The van der Waals surface area contributed by atoms with E-state index in [-0.39, 0.29) is 5.88 Å². The second-order valence-corrected chi connectivity index (χ2v) is 4.13. The van der Waals surface area contributed by atoms with Crippen molar-refractivity contribution in [2.75, 3.05) is 11.6 Å². The lowest BCUT2D eigenvalue weighted by atomic mass is 10.5. The fraction of sp³-hybridized carbons (Fsp3) is 0.375. The van der Waals surface area contributed by atoms with Crippen molar-refractivity contribution in [1.82, 2.24) is 4.98 Å². The maximum atomic E-state index is 9.19. The Balaban J connectivity index is 2.50. The lowest BCUT2D eigenvalue weighted by Gasteiger charge is -2.05. The van der Waals surface area contributed by atoms with E-state index < -0.39 is 6.10 Å². The third-order valence-electron chi connectivity index (χ3n) is 1.32. The molecule has 1 heterocycles. The molecular weight excluding hydrogens is 229 g/mol. The van der Waals surface area contributed by atoms with Crippen LogP contribution in [0, 0.1) is 0 Å². The van der Waals surface area contributed by atoms with Crippen LogP contribution in [0.5, 0.6) is 0 Å². The Hall–Kier alpha value is 0.0400. The monoisotopic (exact) mass is 237 g/mol. The van der Waals surface area contributed by atoms with E-state index in [9.17, 15) is 5.11 Å². The zero-order valence-corrected chi connectivity index (χ0v) is 9.11. The van der Waals surface area contributed by atoms with Crippen molar-refractivity contribution < 1.29 is 5.11 Å². The van der Waals surface area contributed by atoms with Gasteiger partial charge in [-0.3, -0.25) is 0 Å². The first-order valence-electron chi connectivity index (χ1n) is 3.71. The standard InChI is InChI=1S/C8H9Cl2NOS/c9-4-6(12)5-13-8-7(10)2-1-3-11-8/h1-3,6,12H,4-5H2. The third kappa shape index (κ3) is 3.73. The largest absolute Gasteiger partial charge is 0.391 e. The molecule has 0 aliphatic rings. The summed E-state index contributed by atoms with van der Waals surface area (Å²) in [4.78, 5) is 4.06. The Morgan fingerprint density at radius 1 is 1.62 bits per heavy atom. The van der Waals surface area contributed by atoms with Crippen LogP contribution in [0.25, 0.3) is 0 Å². The topological polar surface area (TPSA) is 33.1 Å². The van der Waals surface area contributed by atoms with E-state index in [1.165, 1.54) is 11.8 Å². The molecule has 0 amide bonds. The van der Waals surface area contributed by atoms with Gasteiger partial charge < -0.3 is 5.11 Å². The number of halogens is 2. The second-order valence-electron chi connectivity index (χ2n) is 2.41. The summed E-state index contributed by atoms with van der Waals surface area (Å²) in [5.41, 5.74) is 0. The third-order valence-corrected chi connectivity index (χ3v) is 3.24. The van der Waals surface area contributed by atoms with Crippen LogP contribution in [-0.4, -0.2) is 27.8 Å². The number of aromatic nitrogens is 1. The summed E-state index contributed by atoms with van der Waals surface area (Å²) in [5.74, 6) is 0.748. The van der Waals surface area contributed by atoms with Crippen LogP contribution >= 0.6 is 35.0 Å². The fourth-order valence-corrected chi connectivity index (χ4v) is 2.03. The molecule has 0 aromatic carbocycles. The number of thioether (sulfide) groups is 1. The SMILES string of the molecule is OC(CCl)CSc1ncccc1Cl. The molecule has 1 aromatic rings. The molecule has 2 nitrogen and oxygen atoms in total. The lowest BCUT2D eigenvalue weighted by molar-refractivity contribution is 0.223. The molecule has 1 atom stereocenters. The molecule has 13 heavy (non-hydrogen) atoms. The van der Waals surface area contributed by atoms with Gasteiger partial charge in [-0.15, -0.1) is 23.4 Å². The minimum Gasteiger partial charge on any atom is -0.391 e. The summed E-state index contributed by atoms with van der Waals surface area (Å²) in [7, 11) is 0. The van der Waals surface area contributed by atoms with Gasteiger partial charge >= 0.3 is 0 Å². The highest BCUT2D eigenvalue weighted by Gasteiger charge is 2.06. The number of pyridine rings is 1. The summed E-state index contributed by atoms with van der Waals surface area (Å²) < 4.78 is 0. The Morgan fingerprint density at radius 3 is 3.00 bits per heavy atom. The first kappa shape index (κ1) is 11.1. The van der Waals surface area contributed by atoms with E-state index in [2.05, 4.69) is 4.98 Å². The molecule has 0 radical (unpaired) electrons. The van der Waals surface area contributed by atoms with E-state index in [1.54, 1.807) is 18.3 Å². The first-order valence-corrected chi connectivity index (χ1v) is 5.61. The summed E-state index contributed by atoms with van der Waals surface area (Å²) in [6.07, 6.45) is 1.16. The number of aliphatic hydroxyl groups is 1. The Kier molecular flexibility index (Phi) is 4.88. The zero-order valence-electron chi connectivity index (χ0n) is 6.78. The lowest BCUT2D eigenvalue weighted by Crippen LogP contribution is -2.11.